The summed E-state index contributed by atoms with van der Waals surface area (Å²) in [6.07, 6.45) is 0.820. The fourth-order valence-corrected chi connectivity index (χ4v) is 6.84. The van der Waals surface area contributed by atoms with Crippen molar-refractivity contribution in [2.75, 3.05) is 27.8 Å². The van der Waals surface area contributed by atoms with Gasteiger partial charge in [-0.25, -0.2) is 0 Å². The van der Waals surface area contributed by atoms with Crippen LogP contribution in [0.4, 0.5) is 0 Å². The zero-order chi connectivity index (χ0) is 25.3. The van der Waals surface area contributed by atoms with Crippen LogP contribution in [-0.4, -0.2) is 78.5 Å². The highest BCUT2D eigenvalue weighted by Gasteiger charge is 2.57. The van der Waals surface area contributed by atoms with Gasteiger partial charge in [0.25, 0.3) is 0 Å². The summed E-state index contributed by atoms with van der Waals surface area (Å²) >= 11 is 0. The molecule has 184 valence electrons. The molecule has 1 fully saturated rings. The summed E-state index contributed by atoms with van der Waals surface area (Å²) in [5.74, 6) is -0.0230. The van der Waals surface area contributed by atoms with E-state index in [1.807, 2.05) is 24.9 Å². The largest absolute Gasteiger partial charge is 0.504 e. The molecule has 1 aliphatic carbocycles. The standard InChI is InChI=1S/C26H30N4O5/c1-11-6-13-7-15-17(9-27)30-16(21(29(15)3)19(13)23(32)25(11)34-4)8-14-20(18(30)10-28)24(33)26(35-5)12(2)22(14)31/h6,15-18,21,32H,7-8,10,28H2,1-5H3/t15-,16?,17-,18?,21-/m0/s1. The third-order valence-electron chi connectivity index (χ3n) is 8.29. The third kappa shape index (κ3) is 2.97. The monoisotopic (exact) mass is 478 g/mol. The first-order valence-electron chi connectivity index (χ1n) is 11.8. The summed E-state index contributed by atoms with van der Waals surface area (Å²) in [5, 5.41) is 21.6. The van der Waals surface area contributed by atoms with Gasteiger partial charge in [0, 0.05) is 40.9 Å². The maximum Gasteiger partial charge on any atom is 0.225 e. The van der Waals surface area contributed by atoms with E-state index in [1.165, 1.54) is 14.2 Å². The number of nitrogens with two attached hydrogens (primary N) is 1. The Balaban J connectivity index is 1.74. The molecule has 35 heavy (non-hydrogen) atoms. The van der Waals surface area contributed by atoms with E-state index in [1.54, 1.807) is 6.92 Å². The number of rotatable bonds is 3. The molecule has 3 N–H and O–H groups in total. The minimum Gasteiger partial charge on any atom is -0.504 e. The van der Waals surface area contributed by atoms with Gasteiger partial charge in [0.1, 0.15) is 6.04 Å². The van der Waals surface area contributed by atoms with Crippen molar-refractivity contribution in [2.24, 2.45) is 5.73 Å². The van der Waals surface area contributed by atoms with Crippen LogP contribution in [0.5, 0.6) is 11.5 Å². The van der Waals surface area contributed by atoms with Gasteiger partial charge >= 0.3 is 0 Å². The molecule has 0 saturated carbocycles. The Hall–Kier alpha value is -3.19. The number of nitriles is 1. The Morgan fingerprint density at radius 3 is 2.49 bits per heavy atom. The van der Waals surface area contributed by atoms with Gasteiger partial charge in [-0.15, -0.1) is 0 Å². The first-order valence-corrected chi connectivity index (χ1v) is 11.8. The van der Waals surface area contributed by atoms with Crippen LogP contribution in [0.2, 0.25) is 0 Å². The van der Waals surface area contributed by atoms with Gasteiger partial charge in [-0.1, -0.05) is 6.07 Å². The van der Waals surface area contributed by atoms with Crippen molar-refractivity contribution < 1.29 is 24.2 Å². The highest BCUT2D eigenvalue weighted by molar-refractivity contribution is 6.25. The maximum absolute atomic E-state index is 13.4. The zero-order valence-corrected chi connectivity index (χ0v) is 20.6. The third-order valence-corrected chi connectivity index (χ3v) is 8.29. The summed E-state index contributed by atoms with van der Waals surface area (Å²) in [6.45, 7) is 3.56. The van der Waals surface area contributed by atoms with Gasteiger partial charge in [-0.2, -0.15) is 5.26 Å². The number of benzene rings is 1. The summed E-state index contributed by atoms with van der Waals surface area (Å²) in [6, 6.07) is 2.48. The second-order valence-electron chi connectivity index (χ2n) is 9.78. The van der Waals surface area contributed by atoms with Gasteiger partial charge < -0.3 is 20.3 Å². The first kappa shape index (κ1) is 23.5. The lowest BCUT2D eigenvalue weighted by Crippen LogP contribution is -2.71. The maximum atomic E-state index is 13.4. The average Bonchev–Trinajstić information content (AvgIpc) is 2.83. The molecule has 3 aliphatic heterocycles. The zero-order valence-electron chi connectivity index (χ0n) is 20.6. The van der Waals surface area contributed by atoms with Crippen LogP contribution in [0, 0.1) is 18.3 Å². The Labute approximate surface area is 204 Å². The lowest BCUT2D eigenvalue weighted by Gasteiger charge is -2.60. The van der Waals surface area contributed by atoms with Crippen molar-refractivity contribution in [1.29, 1.82) is 5.26 Å². The Morgan fingerprint density at radius 1 is 1.17 bits per heavy atom. The van der Waals surface area contributed by atoms with Crippen molar-refractivity contribution in [2.45, 2.75) is 56.9 Å². The number of methoxy groups -OCH3 is 2. The fraction of sp³-hybridized carbons (Fsp3) is 0.500. The number of Topliss-reactive ketones (excluding diaryl/α,β-unsaturated/α-hetero) is 2. The molecule has 5 atom stereocenters. The predicted octanol–water partition coefficient (Wildman–Crippen LogP) is 1.28. The molecule has 1 aromatic rings. The molecule has 3 heterocycles. The number of likely N-dealkylation sites (N-methyl/N-ethyl adjacent to an activating group) is 1. The Bertz CT molecular complexity index is 1260. The number of nitrogens with zero attached hydrogens (tertiary/aromatic N) is 3. The smallest absolute Gasteiger partial charge is 0.225 e. The summed E-state index contributed by atoms with van der Waals surface area (Å²) in [7, 11) is 4.86. The van der Waals surface area contributed by atoms with Gasteiger partial charge in [0.15, 0.2) is 23.0 Å². The molecule has 5 rings (SSSR count). The fourth-order valence-electron chi connectivity index (χ4n) is 6.84. The number of aromatic hydroxyl groups is 1. The SMILES string of the molecule is COC1=C(C)C(=O)C2=C(C1=O)C(CN)N1C(C2)[C@H]2c3c(cc(C)c(OC)c3O)C[C@@H]([C@@H]1C#N)N2C. The van der Waals surface area contributed by atoms with Crippen LogP contribution in [0.1, 0.15) is 36.1 Å². The topological polar surface area (TPSA) is 129 Å². The number of hydrogen-bond donors (Lipinski definition) is 2. The molecule has 1 saturated heterocycles. The van der Waals surface area contributed by atoms with Crippen LogP contribution < -0.4 is 10.5 Å². The van der Waals surface area contributed by atoms with E-state index in [0.717, 1.165) is 16.7 Å². The number of fused-ring (bicyclic) bond motifs is 6. The molecule has 0 amide bonds. The second-order valence-corrected chi connectivity index (χ2v) is 9.78. The summed E-state index contributed by atoms with van der Waals surface area (Å²) in [4.78, 5) is 31.0. The van der Waals surface area contributed by atoms with E-state index in [9.17, 15) is 20.0 Å². The Morgan fingerprint density at radius 2 is 1.89 bits per heavy atom. The Kier molecular flexibility index (Phi) is 5.51. The first-order chi connectivity index (χ1) is 16.7. The lowest BCUT2D eigenvalue weighted by molar-refractivity contribution is -0.122. The molecule has 2 unspecified atom stereocenters. The number of ether oxygens (including phenoxy) is 2. The highest BCUT2D eigenvalue weighted by atomic mass is 16.5. The van der Waals surface area contributed by atoms with Crippen molar-refractivity contribution in [3.8, 4) is 17.6 Å². The predicted molar refractivity (Wildman–Crippen MR) is 127 cm³/mol. The number of phenolic OH excluding ortho intramolecular Hbond substituents is 1. The number of piperazine rings is 1. The van der Waals surface area contributed by atoms with E-state index in [0.29, 0.717) is 23.3 Å². The van der Waals surface area contributed by atoms with Crippen molar-refractivity contribution in [1.82, 2.24) is 9.80 Å². The minimum absolute atomic E-state index is 0.0386. The van der Waals surface area contributed by atoms with Crippen LogP contribution in [0.3, 0.4) is 0 Å². The molecule has 0 radical (unpaired) electrons. The molecule has 9 nitrogen and oxygen atoms in total. The number of ketones is 2. The van der Waals surface area contributed by atoms with Crippen LogP contribution in [0.15, 0.2) is 28.5 Å². The number of carbonyl (C=O) groups is 2. The molecular weight excluding hydrogens is 448 g/mol. The molecule has 4 aliphatic rings. The number of aryl methyl sites for hydroxylation is 1. The van der Waals surface area contributed by atoms with Crippen molar-refractivity contribution in [3.63, 3.8) is 0 Å². The minimum atomic E-state index is -0.613. The molecule has 0 aromatic heterocycles. The van der Waals surface area contributed by atoms with E-state index >= 15 is 0 Å². The van der Waals surface area contributed by atoms with E-state index < -0.39 is 12.1 Å². The van der Waals surface area contributed by atoms with Crippen molar-refractivity contribution in [3.05, 3.63) is 45.2 Å². The van der Waals surface area contributed by atoms with E-state index in [-0.39, 0.29) is 59.7 Å². The normalized spacial score (nSPS) is 30.5. The summed E-state index contributed by atoms with van der Waals surface area (Å²) in [5.41, 5.74) is 9.84. The summed E-state index contributed by atoms with van der Waals surface area (Å²) < 4.78 is 10.8. The molecule has 2 bridgehead atoms. The quantitative estimate of drug-likeness (QED) is 0.617. The molecular formula is C26H30N4O5. The number of carbonyl (C=O) groups excluding carboxylic acids is 2. The van der Waals surface area contributed by atoms with Crippen LogP contribution in [-0.2, 0) is 20.7 Å². The lowest BCUT2D eigenvalue weighted by atomic mass is 9.69. The van der Waals surface area contributed by atoms with Gasteiger partial charge in [0.05, 0.1) is 32.4 Å². The van der Waals surface area contributed by atoms with E-state index in [4.69, 9.17) is 15.2 Å². The highest BCUT2D eigenvalue weighted by Crippen LogP contribution is 2.53. The van der Waals surface area contributed by atoms with Crippen molar-refractivity contribution >= 4 is 11.6 Å². The second kappa shape index (κ2) is 8.19. The van der Waals surface area contributed by atoms with E-state index in [2.05, 4.69) is 11.0 Å². The molecule has 1 aromatic carbocycles. The molecule has 0 spiro atoms. The number of hydrogen-bond acceptors (Lipinski definition) is 9. The van der Waals surface area contributed by atoms with Crippen LogP contribution >= 0.6 is 0 Å². The average molecular weight is 479 g/mol. The van der Waals surface area contributed by atoms with Gasteiger partial charge in [-0.05, 0) is 44.9 Å². The van der Waals surface area contributed by atoms with Gasteiger partial charge in [0.2, 0.25) is 5.78 Å². The number of allylic oxidation sites excluding steroid dienone is 2. The van der Waals surface area contributed by atoms with Crippen LogP contribution in [0.25, 0.3) is 0 Å². The molecule has 9 heteroatoms. The number of phenols is 1. The van der Waals surface area contributed by atoms with Gasteiger partial charge in [-0.3, -0.25) is 19.4 Å².